The van der Waals surface area contributed by atoms with Gasteiger partial charge in [0.2, 0.25) is 0 Å². The van der Waals surface area contributed by atoms with Crippen LogP contribution in [0.2, 0.25) is 0 Å². The van der Waals surface area contributed by atoms with Gasteiger partial charge < -0.3 is 10.3 Å². The average molecular weight is 242 g/mol. The molecule has 3 atom stereocenters. The van der Waals surface area contributed by atoms with Gasteiger partial charge in [-0.2, -0.15) is 0 Å². The number of likely N-dealkylation sites (tertiary alicyclic amines) is 1. The Kier molecular flexibility index (Phi) is 2.08. The quantitative estimate of drug-likeness (QED) is 0.853. The first kappa shape index (κ1) is 10.5. The third-order valence-electron chi connectivity index (χ3n) is 4.58. The number of nitrogens with zero attached hydrogens (tertiary/aromatic N) is 3. The van der Waals surface area contributed by atoms with Gasteiger partial charge in [-0.25, -0.2) is 4.98 Å². The van der Waals surface area contributed by atoms with Crippen LogP contribution in [0.15, 0.2) is 24.3 Å². The molecule has 0 unspecified atom stereocenters. The van der Waals surface area contributed by atoms with Crippen molar-refractivity contribution < 1.29 is 0 Å². The molecule has 2 heterocycles. The molecular formula is C14H18N4. The third-order valence-corrected chi connectivity index (χ3v) is 4.58. The highest BCUT2D eigenvalue weighted by molar-refractivity contribution is 5.75. The fourth-order valence-corrected chi connectivity index (χ4v) is 3.33. The number of para-hydroxylation sites is 2. The Balaban J connectivity index is 1.58. The van der Waals surface area contributed by atoms with Crippen molar-refractivity contribution in [3.63, 3.8) is 0 Å². The molecule has 4 heteroatoms. The topological polar surface area (TPSA) is 47.1 Å². The van der Waals surface area contributed by atoms with Gasteiger partial charge in [-0.15, -0.1) is 0 Å². The standard InChI is InChI=1S/C14H18N4/c1-17-12-5-3-2-4-11(12)16-13(17)8-18-6-9-10(7-18)14(9)15/h2-5,9-10,14H,6-8,15H2,1H3/t9-,10+,14-. The van der Waals surface area contributed by atoms with Crippen molar-refractivity contribution in [3.05, 3.63) is 30.1 Å². The molecule has 0 spiro atoms. The van der Waals surface area contributed by atoms with E-state index in [-0.39, 0.29) is 0 Å². The average Bonchev–Trinajstić information content (AvgIpc) is 2.78. The van der Waals surface area contributed by atoms with Gasteiger partial charge in [0, 0.05) is 26.2 Å². The fourth-order valence-electron chi connectivity index (χ4n) is 3.33. The van der Waals surface area contributed by atoms with Crippen LogP contribution in [-0.4, -0.2) is 33.6 Å². The zero-order valence-corrected chi connectivity index (χ0v) is 10.6. The Hall–Kier alpha value is -1.39. The highest BCUT2D eigenvalue weighted by Crippen LogP contribution is 2.44. The van der Waals surface area contributed by atoms with Crippen molar-refractivity contribution in [2.75, 3.05) is 13.1 Å². The molecule has 1 aliphatic carbocycles. The number of hydrogen-bond donors (Lipinski definition) is 1. The Morgan fingerprint density at radius 1 is 1.28 bits per heavy atom. The number of fused-ring (bicyclic) bond motifs is 2. The number of aryl methyl sites for hydroxylation is 1. The maximum Gasteiger partial charge on any atom is 0.123 e. The van der Waals surface area contributed by atoms with E-state index < -0.39 is 0 Å². The maximum absolute atomic E-state index is 5.97. The molecule has 2 aliphatic rings. The predicted molar refractivity (Wildman–Crippen MR) is 70.9 cm³/mol. The summed E-state index contributed by atoms with van der Waals surface area (Å²) in [5, 5.41) is 0. The van der Waals surface area contributed by atoms with Crippen molar-refractivity contribution in [1.29, 1.82) is 0 Å². The molecule has 1 aliphatic heterocycles. The molecule has 18 heavy (non-hydrogen) atoms. The largest absolute Gasteiger partial charge is 0.330 e. The van der Waals surface area contributed by atoms with E-state index in [1.165, 1.54) is 5.52 Å². The van der Waals surface area contributed by atoms with E-state index in [0.29, 0.717) is 6.04 Å². The second kappa shape index (κ2) is 3.56. The first-order valence-electron chi connectivity index (χ1n) is 6.62. The Labute approximate surface area is 106 Å². The van der Waals surface area contributed by atoms with Gasteiger partial charge >= 0.3 is 0 Å². The summed E-state index contributed by atoms with van der Waals surface area (Å²) in [6.45, 7) is 3.25. The molecule has 2 N–H and O–H groups in total. The number of piperidine rings is 1. The van der Waals surface area contributed by atoms with E-state index >= 15 is 0 Å². The lowest BCUT2D eigenvalue weighted by molar-refractivity contribution is 0.280. The van der Waals surface area contributed by atoms with Crippen molar-refractivity contribution >= 4 is 11.0 Å². The minimum Gasteiger partial charge on any atom is -0.330 e. The summed E-state index contributed by atoms with van der Waals surface area (Å²) in [6.07, 6.45) is 0. The highest BCUT2D eigenvalue weighted by Gasteiger charge is 2.53. The highest BCUT2D eigenvalue weighted by atomic mass is 15.2. The molecule has 1 aromatic carbocycles. The van der Waals surface area contributed by atoms with Crippen molar-refractivity contribution in [2.24, 2.45) is 24.6 Å². The number of nitrogens with two attached hydrogens (primary N) is 1. The lowest BCUT2D eigenvalue weighted by Gasteiger charge is -2.17. The molecular weight excluding hydrogens is 224 g/mol. The number of rotatable bonds is 2. The monoisotopic (exact) mass is 242 g/mol. The summed E-state index contributed by atoms with van der Waals surface area (Å²) in [5.74, 6) is 2.66. The third kappa shape index (κ3) is 1.42. The van der Waals surface area contributed by atoms with Crippen LogP contribution in [-0.2, 0) is 13.6 Å². The molecule has 1 aromatic heterocycles. The van der Waals surface area contributed by atoms with Crippen LogP contribution in [0, 0.1) is 11.8 Å². The van der Waals surface area contributed by atoms with Crippen LogP contribution in [0.25, 0.3) is 11.0 Å². The first-order valence-corrected chi connectivity index (χ1v) is 6.62. The lowest BCUT2D eigenvalue weighted by Crippen LogP contribution is -2.28. The lowest BCUT2D eigenvalue weighted by atomic mass is 10.3. The minimum absolute atomic E-state index is 0.474. The smallest absolute Gasteiger partial charge is 0.123 e. The van der Waals surface area contributed by atoms with Gasteiger partial charge in [-0.05, 0) is 24.0 Å². The summed E-state index contributed by atoms with van der Waals surface area (Å²) >= 11 is 0. The second-order valence-electron chi connectivity index (χ2n) is 5.67. The molecule has 94 valence electrons. The minimum atomic E-state index is 0.474. The van der Waals surface area contributed by atoms with E-state index in [9.17, 15) is 0 Å². The molecule has 2 aromatic rings. The van der Waals surface area contributed by atoms with E-state index in [1.807, 2.05) is 6.07 Å². The zero-order valence-electron chi connectivity index (χ0n) is 10.6. The molecule has 0 bridgehead atoms. The van der Waals surface area contributed by atoms with Gasteiger partial charge in [0.15, 0.2) is 0 Å². The molecule has 1 saturated heterocycles. The van der Waals surface area contributed by atoms with Crippen LogP contribution >= 0.6 is 0 Å². The van der Waals surface area contributed by atoms with Crippen LogP contribution in [0.5, 0.6) is 0 Å². The molecule has 4 rings (SSSR count). The van der Waals surface area contributed by atoms with Gasteiger partial charge in [-0.1, -0.05) is 12.1 Å². The maximum atomic E-state index is 5.97. The van der Waals surface area contributed by atoms with E-state index in [2.05, 4.69) is 34.7 Å². The van der Waals surface area contributed by atoms with E-state index in [0.717, 1.165) is 42.8 Å². The van der Waals surface area contributed by atoms with Crippen LogP contribution in [0.4, 0.5) is 0 Å². The Morgan fingerprint density at radius 2 is 2.00 bits per heavy atom. The zero-order chi connectivity index (χ0) is 12.3. The first-order chi connectivity index (χ1) is 8.74. The number of imidazole rings is 1. The van der Waals surface area contributed by atoms with Crippen molar-refractivity contribution in [3.8, 4) is 0 Å². The molecule has 1 saturated carbocycles. The fraction of sp³-hybridized carbons (Fsp3) is 0.500. The number of benzene rings is 1. The van der Waals surface area contributed by atoms with Crippen molar-refractivity contribution in [2.45, 2.75) is 12.6 Å². The summed E-state index contributed by atoms with van der Waals surface area (Å²) in [7, 11) is 2.10. The van der Waals surface area contributed by atoms with E-state index in [1.54, 1.807) is 0 Å². The Morgan fingerprint density at radius 3 is 2.72 bits per heavy atom. The summed E-state index contributed by atoms with van der Waals surface area (Å²) in [4.78, 5) is 7.21. The van der Waals surface area contributed by atoms with Gasteiger partial charge in [-0.3, -0.25) is 4.90 Å². The van der Waals surface area contributed by atoms with Crippen molar-refractivity contribution in [1.82, 2.24) is 14.5 Å². The molecule has 4 nitrogen and oxygen atoms in total. The summed E-state index contributed by atoms with van der Waals surface area (Å²) in [5.41, 5.74) is 8.28. The normalized spacial score (nSPS) is 30.9. The van der Waals surface area contributed by atoms with E-state index in [4.69, 9.17) is 10.7 Å². The Bertz CT molecular complexity index is 591. The van der Waals surface area contributed by atoms with Crippen LogP contribution < -0.4 is 5.73 Å². The molecule has 0 amide bonds. The van der Waals surface area contributed by atoms with Gasteiger partial charge in [0.25, 0.3) is 0 Å². The summed E-state index contributed by atoms with van der Waals surface area (Å²) in [6, 6.07) is 8.79. The number of aromatic nitrogens is 2. The van der Waals surface area contributed by atoms with Crippen LogP contribution in [0.1, 0.15) is 5.82 Å². The SMILES string of the molecule is Cn1c(CN2C[C@@H]3[C@H](N)[C@@H]3C2)nc2ccccc21. The van der Waals surface area contributed by atoms with Gasteiger partial charge in [0.05, 0.1) is 17.6 Å². The predicted octanol–water partition coefficient (Wildman–Crippen LogP) is 0.962. The van der Waals surface area contributed by atoms with Crippen LogP contribution in [0.3, 0.4) is 0 Å². The molecule has 0 radical (unpaired) electrons. The number of hydrogen-bond acceptors (Lipinski definition) is 3. The van der Waals surface area contributed by atoms with Gasteiger partial charge in [0.1, 0.15) is 5.82 Å². The second-order valence-corrected chi connectivity index (χ2v) is 5.67. The molecule has 2 fully saturated rings. The summed E-state index contributed by atoms with van der Waals surface area (Å²) < 4.78 is 2.21.